The monoisotopic (exact) mass is 332 g/mol. The summed E-state index contributed by atoms with van der Waals surface area (Å²) in [5, 5.41) is 3.00. The maximum Gasteiger partial charge on any atom is 0.252 e. The summed E-state index contributed by atoms with van der Waals surface area (Å²) in [7, 11) is 0. The topological polar surface area (TPSA) is 55.1 Å². The molecule has 20 heavy (non-hydrogen) atoms. The van der Waals surface area contributed by atoms with E-state index in [1.54, 1.807) is 18.2 Å². The SMILES string of the molecule is Cc1cc(N)ccc1C(=O)N[C@@H](C)c1ccc(Br)cc1. The molecule has 1 amide bonds. The van der Waals surface area contributed by atoms with Crippen LogP contribution in [0.3, 0.4) is 0 Å². The molecule has 2 aromatic rings. The average molecular weight is 333 g/mol. The lowest BCUT2D eigenvalue weighted by Crippen LogP contribution is -2.27. The maximum atomic E-state index is 12.3. The molecule has 0 saturated heterocycles. The van der Waals surface area contributed by atoms with Crippen LogP contribution in [0.15, 0.2) is 46.9 Å². The molecule has 0 fully saturated rings. The van der Waals surface area contributed by atoms with Crippen molar-refractivity contribution in [2.75, 3.05) is 5.73 Å². The van der Waals surface area contributed by atoms with E-state index in [-0.39, 0.29) is 11.9 Å². The molecule has 1 atom stereocenters. The number of anilines is 1. The van der Waals surface area contributed by atoms with Gasteiger partial charge in [0.1, 0.15) is 0 Å². The number of carbonyl (C=O) groups excluding carboxylic acids is 1. The number of nitrogen functional groups attached to an aromatic ring is 1. The van der Waals surface area contributed by atoms with Crippen LogP contribution in [0.4, 0.5) is 5.69 Å². The van der Waals surface area contributed by atoms with Gasteiger partial charge in [0.05, 0.1) is 6.04 Å². The van der Waals surface area contributed by atoms with Crippen LogP contribution in [-0.4, -0.2) is 5.91 Å². The third-order valence-electron chi connectivity index (χ3n) is 3.21. The fourth-order valence-electron chi connectivity index (χ4n) is 2.05. The molecule has 0 spiro atoms. The van der Waals surface area contributed by atoms with Gasteiger partial charge < -0.3 is 11.1 Å². The quantitative estimate of drug-likeness (QED) is 0.839. The molecule has 0 aromatic heterocycles. The molecule has 0 aliphatic carbocycles. The summed E-state index contributed by atoms with van der Waals surface area (Å²) >= 11 is 3.40. The van der Waals surface area contributed by atoms with E-state index in [9.17, 15) is 4.79 Å². The third kappa shape index (κ3) is 3.39. The van der Waals surface area contributed by atoms with Crippen LogP contribution in [0.1, 0.15) is 34.5 Å². The normalized spacial score (nSPS) is 11.9. The number of halogens is 1. The predicted molar refractivity (Wildman–Crippen MR) is 85.6 cm³/mol. The smallest absolute Gasteiger partial charge is 0.252 e. The first kappa shape index (κ1) is 14.6. The van der Waals surface area contributed by atoms with Crippen molar-refractivity contribution in [3.8, 4) is 0 Å². The fraction of sp³-hybridized carbons (Fsp3) is 0.188. The van der Waals surface area contributed by atoms with Crippen molar-refractivity contribution in [3.05, 3.63) is 63.6 Å². The van der Waals surface area contributed by atoms with Gasteiger partial charge in [-0.1, -0.05) is 28.1 Å². The minimum Gasteiger partial charge on any atom is -0.399 e. The summed E-state index contributed by atoms with van der Waals surface area (Å²) in [5.41, 5.74) is 8.96. The lowest BCUT2D eigenvalue weighted by Gasteiger charge is -2.15. The highest BCUT2D eigenvalue weighted by atomic mass is 79.9. The highest BCUT2D eigenvalue weighted by Crippen LogP contribution is 2.18. The molecule has 2 rings (SSSR count). The van der Waals surface area contributed by atoms with Gasteiger partial charge in [0.15, 0.2) is 0 Å². The zero-order valence-electron chi connectivity index (χ0n) is 11.5. The van der Waals surface area contributed by atoms with Gasteiger partial charge in [-0.2, -0.15) is 0 Å². The first-order valence-electron chi connectivity index (χ1n) is 6.40. The summed E-state index contributed by atoms with van der Waals surface area (Å²) in [6, 6.07) is 13.2. The summed E-state index contributed by atoms with van der Waals surface area (Å²) in [6.45, 7) is 3.85. The highest BCUT2D eigenvalue weighted by molar-refractivity contribution is 9.10. The second-order valence-electron chi connectivity index (χ2n) is 4.82. The molecule has 0 unspecified atom stereocenters. The number of aryl methyl sites for hydroxylation is 1. The van der Waals surface area contributed by atoms with Crippen molar-refractivity contribution in [2.24, 2.45) is 0 Å². The van der Waals surface area contributed by atoms with Gasteiger partial charge >= 0.3 is 0 Å². The summed E-state index contributed by atoms with van der Waals surface area (Å²) in [4.78, 5) is 12.3. The lowest BCUT2D eigenvalue weighted by molar-refractivity contribution is 0.0939. The Kier molecular flexibility index (Phi) is 4.45. The fourth-order valence-corrected chi connectivity index (χ4v) is 2.32. The number of rotatable bonds is 3. The zero-order valence-corrected chi connectivity index (χ0v) is 13.1. The Bertz CT molecular complexity index is 623. The first-order valence-corrected chi connectivity index (χ1v) is 7.19. The first-order chi connectivity index (χ1) is 9.47. The Morgan fingerprint density at radius 2 is 1.85 bits per heavy atom. The van der Waals surface area contributed by atoms with Crippen molar-refractivity contribution in [2.45, 2.75) is 19.9 Å². The lowest BCUT2D eigenvalue weighted by atomic mass is 10.1. The number of carbonyl (C=O) groups is 1. The van der Waals surface area contributed by atoms with Crippen LogP contribution in [-0.2, 0) is 0 Å². The van der Waals surface area contributed by atoms with E-state index < -0.39 is 0 Å². The summed E-state index contributed by atoms with van der Waals surface area (Å²) in [6.07, 6.45) is 0. The van der Waals surface area contributed by atoms with Crippen molar-refractivity contribution in [1.29, 1.82) is 0 Å². The van der Waals surface area contributed by atoms with Crippen molar-refractivity contribution >= 4 is 27.5 Å². The van der Waals surface area contributed by atoms with Gasteiger partial charge in [-0.25, -0.2) is 0 Å². The highest BCUT2D eigenvalue weighted by Gasteiger charge is 2.13. The minimum atomic E-state index is -0.0853. The Hall–Kier alpha value is -1.81. The molecule has 4 heteroatoms. The molecular formula is C16H17BrN2O. The van der Waals surface area contributed by atoms with Crippen LogP contribution in [0, 0.1) is 6.92 Å². The summed E-state index contributed by atoms with van der Waals surface area (Å²) in [5.74, 6) is -0.0853. The molecule has 0 aliphatic heterocycles. The van der Waals surface area contributed by atoms with Gasteiger partial charge in [0.25, 0.3) is 5.91 Å². The number of benzene rings is 2. The zero-order chi connectivity index (χ0) is 14.7. The van der Waals surface area contributed by atoms with Crippen LogP contribution in [0.25, 0.3) is 0 Å². The van der Waals surface area contributed by atoms with E-state index in [1.165, 1.54) is 0 Å². The van der Waals surface area contributed by atoms with Gasteiger partial charge in [-0.05, 0) is 55.3 Å². The van der Waals surface area contributed by atoms with Crippen molar-refractivity contribution in [3.63, 3.8) is 0 Å². The Morgan fingerprint density at radius 1 is 1.20 bits per heavy atom. The van der Waals surface area contributed by atoms with Crippen LogP contribution < -0.4 is 11.1 Å². The Morgan fingerprint density at radius 3 is 2.45 bits per heavy atom. The number of nitrogens with one attached hydrogen (secondary N) is 1. The van der Waals surface area contributed by atoms with Gasteiger partial charge in [-0.15, -0.1) is 0 Å². The van der Waals surface area contributed by atoms with E-state index >= 15 is 0 Å². The molecule has 104 valence electrons. The Labute approximate surface area is 127 Å². The molecule has 0 aliphatic rings. The standard InChI is InChI=1S/C16H17BrN2O/c1-10-9-14(18)7-8-15(10)16(20)19-11(2)12-3-5-13(17)6-4-12/h3-9,11H,18H2,1-2H3,(H,19,20)/t11-/m0/s1. The van der Waals surface area contributed by atoms with E-state index in [2.05, 4.69) is 21.2 Å². The van der Waals surface area contributed by atoms with E-state index in [4.69, 9.17) is 5.73 Å². The van der Waals surface area contributed by atoms with E-state index in [0.717, 1.165) is 15.6 Å². The average Bonchev–Trinajstić information content (AvgIpc) is 2.39. The van der Waals surface area contributed by atoms with Crippen molar-refractivity contribution in [1.82, 2.24) is 5.32 Å². The maximum absolute atomic E-state index is 12.3. The predicted octanol–water partition coefficient (Wildman–Crippen LogP) is 3.83. The van der Waals surface area contributed by atoms with E-state index in [0.29, 0.717) is 11.3 Å². The second-order valence-corrected chi connectivity index (χ2v) is 5.74. The third-order valence-corrected chi connectivity index (χ3v) is 3.74. The second kappa shape index (κ2) is 6.09. The molecular weight excluding hydrogens is 316 g/mol. The molecule has 3 nitrogen and oxygen atoms in total. The Balaban J connectivity index is 2.13. The van der Waals surface area contributed by atoms with Gasteiger partial charge in [0, 0.05) is 15.7 Å². The summed E-state index contributed by atoms with van der Waals surface area (Å²) < 4.78 is 1.02. The van der Waals surface area contributed by atoms with Crippen LogP contribution in [0.2, 0.25) is 0 Å². The molecule has 2 aromatic carbocycles. The number of hydrogen-bond donors (Lipinski definition) is 2. The van der Waals surface area contributed by atoms with Crippen molar-refractivity contribution < 1.29 is 4.79 Å². The molecule has 0 saturated carbocycles. The molecule has 0 radical (unpaired) electrons. The minimum absolute atomic E-state index is 0.0486. The van der Waals surface area contributed by atoms with Crippen LogP contribution in [0.5, 0.6) is 0 Å². The number of nitrogens with two attached hydrogens (primary N) is 1. The number of hydrogen-bond acceptors (Lipinski definition) is 2. The van der Waals surface area contributed by atoms with Gasteiger partial charge in [-0.3, -0.25) is 4.79 Å². The van der Waals surface area contributed by atoms with Gasteiger partial charge in [0.2, 0.25) is 0 Å². The molecule has 0 heterocycles. The molecule has 3 N–H and O–H groups in total. The largest absolute Gasteiger partial charge is 0.399 e. The number of amides is 1. The van der Waals surface area contributed by atoms with E-state index in [1.807, 2.05) is 38.1 Å². The van der Waals surface area contributed by atoms with Crippen LogP contribution >= 0.6 is 15.9 Å². The molecule has 0 bridgehead atoms.